The van der Waals surface area contributed by atoms with Gasteiger partial charge < -0.3 is 36.5 Å². The second-order valence-electron chi connectivity index (χ2n) is 5.96. The summed E-state index contributed by atoms with van der Waals surface area (Å²) in [5.41, 5.74) is -2.00. The lowest BCUT2D eigenvalue weighted by Crippen LogP contribution is -3.00. The van der Waals surface area contributed by atoms with E-state index in [9.17, 15) is 28.7 Å². The molecule has 1 fully saturated rings. The van der Waals surface area contributed by atoms with Crippen LogP contribution in [0.5, 0.6) is 0 Å². The van der Waals surface area contributed by atoms with E-state index >= 15 is 0 Å². The molecule has 0 aromatic carbocycles. The Morgan fingerprint density at radius 1 is 1.05 bits per heavy atom. The van der Waals surface area contributed by atoms with Crippen LogP contribution in [0.3, 0.4) is 0 Å². The van der Waals surface area contributed by atoms with Crippen LogP contribution in [0.1, 0.15) is 38.5 Å². The Hall–Kier alpha value is 0.900. The number of nitrogens with zero attached hydrogens (tertiary/aromatic N) is 1. The van der Waals surface area contributed by atoms with Gasteiger partial charge in [0.15, 0.2) is 0 Å². The van der Waals surface area contributed by atoms with Crippen molar-refractivity contribution < 1.29 is 45.6 Å². The van der Waals surface area contributed by atoms with E-state index < -0.39 is 20.7 Å². The Labute approximate surface area is 143 Å². The predicted molar refractivity (Wildman–Crippen MR) is 84.3 cm³/mol. The summed E-state index contributed by atoms with van der Waals surface area (Å²) < 4.78 is 23.3. The van der Waals surface area contributed by atoms with Gasteiger partial charge in [-0.2, -0.15) is 12.6 Å². The van der Waals surface area contributed by atoms with Crippen LogP contribution < -0.4 is 12.4 Å². The van der Waals surface area contributed by atoms with Gasteiger partial charge in [0.1, 0.15) is 0 Å². The van der Waals surface area contributed by atoms with Crippen molar-refractivity contribution in [1.29, 1.82) is 0 Å². The molecular weight excluding hydrogens is 372 g/mol. The highest BCUT2D eigenvalue weighted by molar-refractivity contribution is 7.80. The predicted octanol–water partition coefficient (Wildman–Crippen LogP) is -1.27. The SMILES string of the molecule is C[N+](CCS)(C1CCCCCC1)C(P(=O)(O)O)P(=O)(O)O.[Cl-]. The molecule has 1 rings (SSSR count). The maximum Gasteiger partial charge on any atom is 0.395 e. The molecule has 0 bridgehead atoms. The summed E-state index contributed by atoms with van der Waals surface area (Å²) in [6.45, 7) is 0.217. The molecule has 0 heterocycles. The van der Waals surface area contributed by atoms with E-state index in [1.807, 2.05) is 0 Å². The normalized spacial score (nSPS) is 21.0. The van der Waals surface area contributed by atoms with Crippen molar-refractivity contribution in [3.05, 3.63) is 0 Å². The van der Waals surface area contributed by atoms with E-state index in [-0.39, 0.29) is 29.5 Å². The number of hydrogen-bond acceptors (Lipinski definition) is 3. The molecule has 1 aliphatic carbocycles. The van der Waals surface area contributed by atoms with Gasteiger partial charge in [-0.15, -0.1) is 0 Å². The van der Waals surface area contributed by atoms with Crippen LogP contribution in [0.4, 0.5) is 0 Å². The van der Waals surface area contributed by atoms with Crippen molar-refractivity contribution in [2.24, 2.45) is 0 Å². The van der Waals surface area contributed by atoms with Crippen LogP contribution in [-0.2, 0) is 9.13 Å². The summed E-state index contributed by atoms with van der Waals surface area (Å²) in [5.74, 6) is 0.309. The largest absolute Gasteiger partial charge is 1.00 e. The highest BCUT2D eigenvalue weighted by Gasteiger charge is 2.58. The second-order valence-corrected chi connectivity index (χ2v) is 10.2. The summed E-state index contributed by atoms with van der Waals surface area (Å²) in [4.78, 5) is 38.2. The van der Waals surface area contributed by atoms with Crippen molar-refractivity contribution in [3.63, 3.8) is 0 Å². The van der Waals surface area contributed by atoms with Crippen molar-refractivity contribution >= 4 is 27.8 Å². The number of rotatable bonds is 6. The molecule has 7 nitrogen and oxygen atoms in total. The number of halogens is 1. The maximum absolute atomic E-state index is 11.8. The first kappa shape index (κ1) is 22.9. The van der Waals surface area contributed by atoms with E-state index in [0.29, 0.717) is 5.75 Å². The summed E-state index contributed by atoms with van der Waals surface area (Å²) in [6, 6.07) is -0.162. The minimum Gasteiger partial charge on any atom is -1.00 e. The first-order chi connectivity index (χ1) is 9.53. The molecule has 0 aromatic rings. The first-order valence-electron chi connectivity index (χ1n) is 7.09. The second kappa shape index (κ2) is 8.84. The molecule has 0 radical (unpaired) electrons. The van der Waals surface area contributed by atoms with Gasteiger partial charge in [-0.05, 0) is 25.7 Å². The number of quaternary nitrogens is 1. The number of thiol groups is 1. The lowest BCUT2D eigenvalue weighted by atomic mass is 10.1. The summed E-state index contributed by atoms with van der Waals surface area (Å²) >= 11 is 4.12. The fraction of sp³-hybridized carbons (Fsp3) is 1.00. The zero-order chi connectivity index (χ0) is 16.3. The highest BCUT2D eigenvalue weighted by atomic mass is 35.5. The van der Waals surface area contributed by atoms with Crippen molar-refractivity contribution in [2.45, 2.75) is 50.1 Å². The Morgan fingerprint density at radius 2 is 1.45 bits per heavy atom. The summed E-state index contributed by atoms with van der Waals surface area (Å²) in [5, 5.41) is 0. The number of hydrogen-bond donors (Lipinski definition) is 5. The molecule has 22 heavy (non-hydrogen) atoms. The van der Waals surface area contributed by atoms with Crippen LogP contribution in [-0.4, -0.2) is 55.0 Å². The maximum atomic E-state index is 11.8. The third-order valence-electron chi connectivity index (χ3n) is 4.37. The van der Waals surface area contributed by atoms with Crippen LogP contribution >= 0.6 is 27.8 Å². The van der Waals surface area contributed by atoms with Gasteiger partial charge in [0.25, 0.3) is 5.52 Å². The van der Waals surface area contributed by atoms with Gasteiger partial charge >= 0.3 is 15.2 Å². The smallest absolute Gasteiger partial charge is 0.395 e. The zero-order valence-electron chi connectivity index (χ0n) is 12.6. The topological polar surface area (TPSA) is 115 Å². The fourth-order valence-corrected chi connectivity index (χ4v) is 7.41. The Bertz CT molecular complexity index is 414. The van der Waals surface area contributed by atoms with Gasteiger partial charge in [0.05, 0.1) is 19.6 Å². The average Bonchev–Trinajstić information content (AvgIpc) is 2.53. The molecular formula is C11H26ClNO6P2S. The van der Waals surface area contributed by atoms with Gasteiger partial charge in [-0.25, -0.2) is 0 Å². The quantitative estimate of drug-likeness (QED) is 0.165. The lowest BCUT2D eigenvalue weighted by Gasteiger charge is -2.46. The molecule has 1 aliphatic rings. The third kappa shape index (κ3) is 5.76. The van der Waals surface area contributed by atoms with Crippen molar-refractivity contribution in [3.8, 4) is 0 Å². The minimum absolute atomic E-state index is 0. The molecule has 0 aromatic heterocycles. The van der Waals surface area contributed by atoms with E-state index in [0.717, 1.165) is 38.5 Å². The van der Waals surface area contributed by atoms with E-state index in [1.165, 1.54) is 0 Å². The Kier molecular flexibility index (Phi) is 9.20. The zero-order valence-corrected chi connectivity index (χ0v) is 16.0. The molecule has 1 saturated carbocycles. The Balaban J connectivity index is 0.00000441. The van der Waals surface area contributed by atoms with Crippen LogP contribution in [0.2, 0.25) is 0 Å². The first-order valence-corrected chi connectivity index (χ1v) is 11.1. The Morgan fingerprint density at radius 3 is 1.77 bits per heavy atom. The fourth-order valence-electron chi connectivity index (χ4n) is 3.43. The lowest BCUT2D eigenvalue weighted by molar-refractivity contribution is -0.932. The van der Waals surface area contributed by atoms with Crippen molar-refractivity contribution in [1.82, 2.24) is 0 Å². The molecule has 0 saturated heterocycles. The summed E-state index contributed by atoms with van der Waals surface area (Å²) in [7, 11) is -8.36. The molecule has 11 heteroatoms. The van der Waals surface area contributed by atoms with E-state index in [4.69, 9.17) is 0 Å². The van der Waals surface area contributed by atoms with Gasteiger partial charge in [-0.1, -0.05) is 12.8 Å². The third-order valence-corrected chi connectivity index (χ3v) is 8.63. The van der Waals surface area contributed by atoms with E-state index in [1.54, 1.807) is 7.05 Å². The van der Waals surface area contributed by atoms with Gasteiger partial charge in [0.2, 0.25) is 0 Å². The average molecular weight is 398 g/mol. The minimum atomic E-state index is -4.95. The van der Waals surface area contributed by atoms with Gasteiger partial charge in [0, 0.05) is 5.75 Å². The highest BCUT2D eigenvalue weighted by Crippen LogP contribution is 2.64. The van der Waals surface area contributed by atoms with Crippen LogP contribution in [0.25, 0.3) is 0 Å². The van der Waals surface area contributed by atoms with Crippen LogP contribution in [0.15, 0.2) is 0 Å². The monoisotopic (exact) mass is 397 g/mol. The molecule has 1 atom stereocenters. The molecule has 1 unspecified atom stereocenters. The van der Waals surface area contributed by atoms with E-state index in [2.05, 4.69) is 12.6 Å². The van der Waals surface area contributed by atoms with Gasteiger partial charge in [-0.3, -0.25) is 9.13 Å². The molecule has 134 valence electrons. The molecule has 0 amide bonds. The standard InChI is InChI=1S/C11H25NO6P2S.ClH/c1-12(8-9-21,10-6-4-2-3-5-7-10)11(19(13,14)15)20(16,17)18;/h10-11H,2-9H2,1H3,(H4-,13,14,15,16,17,18,21);1H. The summed E-state index contributed by atoms with van der Waals surface area (Å²) in [6.07, 6.45) is 5.38. The molecule has 4 N–H and O–H groups in total. The van der Waals surface area contributed by atoms with Crippen LogP contribution in [0, 0.1) is 0 Å². The molecule has 0 spiro atoms. The van der Waals surface area contributed by atoms with Crippen molar-refractivity contribution in [2.75, 3.05) is 19.3 Å². The molecule has 0 aliphatic heterocycles.